The van der Waals surface area contributed by atoms with Crippen molar-refractivity contribution in [3.8, 4) is 0 Å². The molecule has 3 nitrogen and oxygen atoms in total. The molecule has 0 aromatic carbocycles. The van der Waals surface area contributed by atoms with E-state index in [0.717, 1.165) is 24.1 Å². The Morgan fingerprint density at radius 1 is 1.47 bits per heavy atom. The Hall–Kier alpha value is -0.930. The van der Waals surface area contributed by atoms with Crippen molar-refractivity contribution in [2.45, 2.75) is 57.7 Å². The second kappa shape index (κ2) is 6.12. The van der Waals surface area contributed by atoms with E-state index in [0.29, 0.717) is 6.04 Å². The maximum Gasteiger partial charge on any atom is 0.148 e. The molecule has 0 amide bonds. The highest BCUT2D eigenvalue weighted by molar-refractivity contribution is 5.21. The minimum Gasteiger partial charge on any atom is -0.373 e. The van der Waals surface area contributed by atoms with Crippen LogP contribution in [0.1, 0.15) is 56.5 Å². The number of rotatable bonds is 5. The SMILES string of the molecule is CCCc1cccnc1C(O)NC1CCCC1. The minimum absolute atomic E-state index is 0.460. The van der Waals surface area contributed by atoms with E-state index >= 15 is 0 Å². The zero-order valence-corrected chi connectivity index (χ0v) is 10.5. The fourth-order valence-corrected chi connectivity index (χ4v) is 2.57. The average molecular weight is 234 g/mol. The summed E-state index contributed by atoms with van der Waals surface area (Å²) in [6, 6.07) is 4.46. The summed E-state index contributed by atoms with van der Waals surface area (Å²) >= 11 is 0. The number of nitrogens with one attached hydrogen (secondary N) is 1. The van der Waals surface area contributed by atoms with Gasteiger partial charge in [-0.1, -0.05) is 32.3 Å². The van der Waals surface area contributed by atoms with E-state index in [4.69, 9.17) is 0 Å². The van der Waals surface area contributed by atoms with Crippen molar-refractivity contribution >= 4 is 0 Å². The Morgan fingerprint density at radius 2 is 2.24 bits per heavy atom. The van der Waals surface area contributed by atoms with Crippen LogP contribution in [-0.2, 0) is 6.42 Å². The second-order valence-corrected chi connectivity index (χ2v) is 4.85. The highest BCUT2D eigenvalue weighted by atomic mass is 16.3. The lowest BCUT2D eigenvalue weighted by Gasteiger charge is -2.19. The molecular weight excluding hydrogens is 212 g/mol. The first-order valence-corrected chi connectivity index (χ1v) is 6.69. The van der Waals surface area contributed by atoms with E-state index < -0.39 is 6.23 Å². The highest BCUT2D eigenvalue weighted by Gasteiger charge is 2.20. The molecule has 3 heteroatoms. The molecule has 1 aromatic heterocycles. The van der Waals surface area contributed by atoms with Crippen molar-refractivity contribution in [1.82, 2.24) is 10.3 Å². The van der Waals surface area contributed by atoms with Crippen LogP contribution >= 0.6 is 0 Å². The molecule has 0 spiro atoms. The molecule has 94 valence electrons. The van der Waals surface area contributed by atoms with Gasteiger partial charge in [0.2, 0.25) is 0 Å². The van der Waals surface area contributed by atoms with Crippen LogP contribution in [0, 0.1) is 0 Å². The summed E-state index contributed by atoms with van der Waals surface area (Å²) in [5.41, 5.74) is 1.97. The van der Waals surface area contributed by atoms with Gasteiger partial charge in [-0.05, 0) is 30.9 Å². The zero-order chi connectivity index (χ0) is 12.1. The summed E-state index contributed by atoms with van der Waals surface area (Å²) in [6.07, 6.45) is 8.10. The molecule has 2 N–H and O–H groups in total. The van der Waals surface area contributed by atoms with Gasteiger partial charge in [0.25, 0.3) is 0 Å². The normalized spacial score (nSPS) is 18.5. The molecule has 1 heterocycles. The first kappa shape index (κ1) is 12.5. The van der Waals surface area contributed by atoms with Gasteiger partial charge in [0, 0.05) is 12.2 Å². The summed E-state index contributed by atoms with van der Waals surface area (Å²) < 4.78 is 0. The van der Waals surface area contributed by atoms with Gasteiger partial charge in [0.15, 0.2) is 0 Å². The van der Waals surface area contributed by atoms with E-state index in [9.17, 15) is 5.11 Å². The molecule has 1 saturated carbocycles. The van der Waals surface area contributed by atoms with Crippen molar-refractivity contribution in [1.29, 1.82) is 0 Å². The number of aliphatic hydroxyl groups excluding tert-OH is 1. The molecule has 0 bridgehead atoms. The molecule has 1 aliphatic rings. The van der Waals surface area contributed by atoms with E-state index in [1.807, 2.05) is 6.07 Å². The third-order valence-electron chi connectivity index (χ3n) is 3.45. The van der Waals surface area contributed by atoms with Crippen LogP contribution in [-0.4, -0.2) is 16.1 Å². The monoisotopic (exact) mass is 234 g/mol. The van der Waals surface area contributed by atoms with Crippen molar-refractivity contribution in [2.24, 2.45) is 0 Å². The van der Waals surface area contributed by atoms with Gasteiger partial charge in [0.1, 0.15) is 6.23 Å². The lowest BCUT2D eigenvalue weighted by atomic mass is 10.1. The molecular formula is C14H22N2O. The first-order chi connectivity index (χ1) is 8.31. The van der Waals surface area contributed by atoms with Gasteiger partial charge in [-0.25, -0.2) is 0 Å². The van der Waals surface area contributed by atoms with Crippen molar-refractivity contribution in [3.63, 3.8) is 0 Å². The Bertz CT molecular complexity index is 348. The molecule has 1 fully saturated rings. The number of pyridine rings is 1. The standard InChI is InChI=1S/C14H22N2O/c1-2-6-11-7-5-10-15-13(11)14(17)16-12-8-3-4-9-12/h5,7,10,12,14,16-17H,2-4,6,8-9H2,1H3. The molecule has 1 aliphatic carbocycles. The quantitative estimate of drug-likeness (QED) is 0.770. The van der Waals surface area contributed by atoms with Crippen molar-refractivity contribution in [3.05, 3.63) is 29.6 Å². The Labute approximate surface area is 103 Å². The zero-order valence-electron chi connectivity index (χ0n) is 10.5. The number of aliphatic hydroxyl groups is 1. The van der Waals surface area contributed by atoms with E-state index in [2.05, 4.69) is 23.3 Å². The lowest BCUT2D eigenvalue weighted by Crippen LogP contribution is -2.31. The minimum atomic E-state index is -0.610. The maximum atomic E-state index is 10.2. The smallest absolute Gasteiger partial charge is 0.148 e. The van der Waals surface area contributed by atoms with Crippen LogP contribution in [0.5, 0.6) is 0 Å². The van der Waals surface area contributed by atoms with Gasteiger partial charge < -0.3 is 5.11 Å². The molecule has 0 aliphatic heterocycles. The predicted molar refractivity (Wildman–Crippen MR) is 68.6 cm³/mol. The van der Waals surface area contributed by atoms with Crippen LogP contribution in [0.3, 0.4) is 0 Å². The Kier molecular flexibility index (Phi) is 4.51. The molecule has 2 rings (SSSR count). The molecule has 0 saturated heterocycles. The van der Waals surface area contributed by atoms with E-state index in [-0.39, 0.29) is 0 Å². The van der Waals surface area contributed by atoms with Crippen LogP contribution in [0.25, 0.3) is 0 Å². The summed E-state index contributed by atoms with van der Waals surface area (Å²) in [7, 11) is 0. The third-order valence-corrected chi connectivity index (χ3v) is 3.45. The molecule has 1 atom stereocenters. The van der Waals surface area contributed by atoms with Crippen LogP contribution < -0.4 is 5.32 Å². The number of aryl methyl sites for hydroxylation is 1. The average Bonchev–Trinajstić information content (AvgIpc) is 2.83. The van der Waals surface area contributed by atoms with Gasteiger partial charge in [0.05, 0.1) is 5.69 Å². The fourth-order valence-electron chi connectivity index (χ4n) is 2.57. The number of aromatic nitrogens is 1. The van der Waals surface area contributed by atoms with Gasteiger partial charge >= 0.3 is 0 Å². The largest absolute Gasteiger partial charge is 0.373 e. The molecule has 1 unspecified atom stereocenters. The third kappa shape index (κ3) is 3.27. The summed E-state index contributed by atoms with van der Waals surface area (Å²) in [6.45, 7) is 2.15. The number of hydrogen-bond acceptors (Lipinski definition) is 3. The summed E-state index contributed by atoms with van der Waals surface area (Å²) in [4.78, 5) is 4.33. The van der Waals surface area contributed by atoms with Crippen LogP contribution in [0.15, 0.2) is 18.3 Å². The Morgan fingerprint density at radius 3 is 2.94 bits per heavy atom. The van der Waals surface area contributed by atoms with E-state index in [1.54, 1.807) is 6.20 Å². The molecule has 0 radical (unpaired) electrons. The highest BCUT2D eigenvalue weighted by Crippen LogP contribution is 2.22. The van der Waals surface area contributed by atoms with Gasteiger partial charge in [-0.3, -0.25) is 10.3 Å². The maximum absolute atomic E-state index is 10.2. The van der Waals surface area contributed by atoms with Crippen molar-refractivity contribution < 1.29 is 5.11 Å². The lowest BCUT2D eigenvalue weighted by molar-refractivity contribution is 0.118. The topological polar surface area (TPSA) is 45.2 Å². The van der Waals surface area contributed by atoms with Gasteiger partial charge in [-0.15, -0.1) is 0 Å². The summed E-state index contributed by atoms with van der Waals surface area (Å²) in [5.74, 6) is 0. The van der Waals surface area contributed by atoms with Gasteiger partial charge in [-0.2, -0.15) is 0 Å². The predicted octanol–water partition coefficient (Wildman–Crippen LogP) is 2.56. The van der Waals surface area contributed by atoms with E-state index in [1.165, 1.54) is 25.7 Å². The first-order valence-electron chi connectivity index (χ1n) is 6.69. The molecule has 17 heavy (non-hydrogen) atoms. The van der Waals surface area contributed by atoms with Crippen LogP contribution in [0.4, 0.5) is 0 Å². The number of hydrogen-bond donors (Lipinski definition) is 2. The Balaban J connectivity index is 2.03. The number of nitrogens with zero attached hydrogens (tertiary/aromatic N) is 1. The second-order valence-electron chi connectivity index (χ2n) is 4.85. The molecule has 1 aromatic rings. The fraction of sp³-hybridized carbons (Fsp3) is 0.643. The van der Waals surface area contributed by atoms with Crippen molar-refractivity contribution in [2.75, 3.05) is 0 Å². The van der Waals surface area contributed by atoms with Crippen LogP contribution in [0.2, 0.25) is 0 Å². The summed E-state index contributed by atoms with van der Waals surface area (Å²) in [5, 5.41) is 13.5.